The van der Waals surface area contributed by atoms with Crippen molar-refractivity contribution in [3.05, 3.63) is 44.0 Å². The Bertz CT molecular complexity index is 497. The van der Waals surface area contributed by atoms with Gasteiger partial charge in [0, 0.05) is 18.1 Å². The van der Waals surface area contributed by atoms with Crippen molar-refractivity contribution in [3.63, 3.8) is 0 Å². The SMILES string of the molecule is C/C(Cc1ccc([N+](=O)[O-])cc1[N+](=O)[O-])=N\O. The van der Waals surface area contributed by atoms with Crippen LogP contribution < -0.4 is 0 Å². The molecule has 0 bridgehead atoms. The Morgan fingerprint density at radius 3 is 2.47 bits per heavy atom. The number of hydrogen-bond donors (Lipinski definition) is 1. The highest BCUT2D eigenvalue weighted by atomic mass is 16.6. The molecular weight excluding hydrogens is 230 g/mol. The van der Waals surface area contributed by atoms with E-state index in [-0.39, 0.29) is 29.1 Å². The third-order valence-electron chi connectivity index (χ3n) is 2.09. The van der Waals surface area contributed by atoms with Gasteiger partial charge < -0.3 is 5.21 Å². The van der Waals surface area contributed by atoms with Crippen LogP contribution in [0.1, 0.15) is 12.5 Å². The van der Waals surface area contributed by atoms with E-state index in [4.69, 9.17) is 5.21 Å². The molecule has 8 heteroatoms. The largest absolute Gasteiger partial charge is 0.411 e. The molecule has 0 aromatic heterocycles. The van der Waals surface area contributed by atoms with Crippen LogP contribution in [0.3, 0.4) is 0 Å². The van der Waals surface area contributed by atoms with E-state index < -0.39 is 9.85 Å². The van der Waals surface area contributed by atoms with Crippen molar-refractivity contribution in [1.29, 1.82) is 0 Å². The fourth-order valence-corrected chi connectivity index (χ4v) is 1.30. The van der Waals surface area contributed by atoms with Crippen LogP contribution in [0.2, 0.25) is 0 Å². The predicted molar refractivity (Wildman–Crippen MR) is 58.4 cm³/mol. The molecule has 1 aromatic rings. The van der Waals surface area contributed by atoms with E-state index in [9.17, 15) is 20.2 Å². The lowest BCUT2D eigenvalue weighted by Crippen LogP contribution is -2.02. The van der Waals surface area contributed by atoms with Crippen molar-refractivity contribution in [3.8, 4) is 0 Å². The number of nitro benzene ring substituents is 2. The molecule has 0 spiro atoms. The molecule has 0 saturated carbocycles. The molecule has 1 rings (SSSR count). The van der Waals surface area contributed by atoms with Crippen LogP contribution in [0.25, 0.3) is 0 Å². The molecule has 1 N–H and O–H groups in total. The van der Waals surface area contributed by atoms with Crippen molar-refractivity contribution in [2.45, 2.75) is 13.3 Å². The zero-order chi connectivity index (χ0) is 13.0. The highest BCUT2D eigenvalue weighted by Crippen LogP contribution is 2.25. The molecule has 0 aliphatic heterocycles. The monoisotopic (exact) mass is 239 g/mol. The molecule has 90 valence electrons. The first-order chi connectivity index (χ1) is 7.95. The van der Waals surface area contributed by atoms with Gasteiger partial charge in [0.15, 0.2) is 0 Å². The molecule has 1 aromatic carbocycles. The van der Waals surface area contributed by atoms with Gasteiger partial charge in [0.05, 0.1) is 21.6 Å². The Hall–Kier alpha value is -2.51. The van der Waals surface area contributed by atoms with Crippen LogP contribution in [0.4, 0.5) is 11.4 Å². The van der Waals surface area contributed by atoms with Crippen LogP contribution in [0.15, 0.2) is 23.4 Å². The van der Waals surface area contributed by atoms with Gasteiger partial charge >= 0.3 is 0 Å². The summed E-state index contributed by atoms with van der Waals surface area (Å²) in [5.41, 5.74) is -0.168. The number of non-ortho nitro benzene ring substituents is 1. The maximum atomic E-state index is 10.7. The fraction of sp³-hybridized carbons (Fsp3) is 0.222. The van der Waals surface area contributed by atoms with E-state index in [1.807, 2.05) is 0 Å². The van der Waals surface area contributed by atoms with Gasteiger partial charge in [-0.05, 0) is 13.0 Å². The second-order valence-corrected chi connectivity index (χ2v) is 3.34. The zero-order valence-electron chi connectivity index (χ0n) is 8.86. The highest BCUT2D eigenvalue weighted by molar-refractivity contribution is 5.84. The number of hydrogen-bond acceptors (Lipinski definition) is 6. The lowest BCUT2D eigenvalue weighted by molar-refractivity contribution is -0.394. The normalized spacial score (nSPS) is 11.2. The molecule has 0 radical (unpaired) electrons. The van der Waals surface area contributed by atoms with E-state index in [2.05, 4.69) is 5.16 Å². The Kier molecular flexibility index (Phi) is 3.70. The smallest absolute Gasteiger partial charge is 0.279 e. The molecule has 0 saturated heterocycles. The van der Waals surface area contributed by atoms with Crippen molar-refractivity contribution in [1.82, 2.24) is 0 Å². The number of oxime groups is 1. The van der Waals surface area contributed by atoms with Gasteiger partial charge in [-0.3, -0.25) is 20.2 Å². The Morgan fingerprint density at radius 2 is 2.00 bits per heavy atom. The minimum absolute atomic E-state index is 0.0603. The van der Waals surface area contributed by atoms with Crippen molar-refractivity contribution < 1.29 is 15.1 Å². The second-order valence-electron chi connectivity index (χ2n) is 3.34. The van der Waals surface area contributed by atoms with Gasteiger partial charge in [0.1, 0.15) is 0 Å². The quantitative estimate of drug-likeness (QED) is 0.372. The lowest BCUT2D eigenvalue weighted by Gasteiger charge is -2.01. The molecule has 8 nitrogen and oxygen atoms in total. The summed E-state index contributed by atoms with van der Waals surface area (Å²) in [6.07, 6.45) is 0.0603. The first kappa shape index (κ1) is 12.6. The van der Waals surface area contributed by atoms with Crippen LogP contribution in [0, 0.1) is 20.2 Å². The fourth-order valence-electron chi connectivity index (χ4n) is 1.30. The van der Waals surface area contributed by atoms with Gasteiger partial charge in [-0.2, -0.15) is 0 Å². The molecule has 0 aliphatic carbocycles. The molecular formula is C9H9N3O5. The molecule has 0 atom stereocenters. The summed E-state index contributed by atoms with van der Waals surface area (Å²) in [5.74, 6) is 0. The zero-order valence-corrected chi connectivity index (χ0v) is 8.86. The standard InChI is InChI=1S/C9H9N3O5/c1-6(10-13)4-7-2-3-8(11(14)15)5-9(7)12(16)17/h2-3,5,13H,4H2,1H3/b10-6+. The van der Waals surface area contributed by atoms with E-state index in [0.29, 0.717) is 0 Å². The topological polar surface area (TPSA) is 119 Å². The lowest BCUT2D eigenvalue weighted by atomic mass is 10.1. The van der Waals surface area contributed by atoms with Gasteiger partial charge in [-0.1, -0.05) is 5.16 Å². The maximum Gasteiger partial charge on any atom is 0.279 e. The average molecular weight is 239 g/mol. The molecule has 0 aliphatic rings. The number of nitro groups is 2. The summed E-state index contributed by atoms with van der Waals surface area (Å²) in [7, 11) is 0. The molecule has 0 fully saturated rings. The van der Waals surface area contributed by atoms with Gasteiger partial charge in [-0.25, -0.2) is 0 Å². The summed E-state index contributed by atoms with van der Waals surface area (Å²) in [4.78, 5) is 19.8. The van der Waals surface area contributed by atoms with E-state index >= 15 is 0 Å². The van der Waals surface area contributed by atoms with Gasteiger partial charge in [0.2, 0.25) is 0 Å². The Balaban J connectivity index is 3.22. The average Bonchev–Trinajstić information content (AvgIpc) is 2.28. The van der Waals surface area contributed by atoms with Crippen LogP contribution in [-0.4, -0.2) is 20.8 Å². The molecule has 0 unspecified atom stereocenters. The molecule has 0 amide bonds. The summed E-state index contributed by atoms with van der Waals surface area (Å²) >= 11 is 0. The molecule has 0 heterocycles. The third kappa shape index (κ3) is 2.97. The van der Waals surface area contributed by atoms with E-state index in [0.717, 1.165) is 6.07 Å². The Labute approximate surface area is 95.5 Å². The van der Waals surface area contributed by atoms with E-state index in [1.165, 1.54) is 19.1 Å². The van der Waals surface area contributed by atoms with Gasteiger partial charge in [-0.15, -0.1) is 0 Å². The van der Waals surface area contributed by atoms with Crippen molar-refractivity contribution in [2.24, 2.45) is 5.16 Å². The summed E-state index contributed by atoms with van der Waals surface area (Å²) in [5, 5.41) is 32.6. The highest BCUT2D eigenvalue weighted by Gasteiger charge is 2.19. The van der Waals surface area contributed by atoms with Gasteiger partial charge in [0.25, 0.3) is 11.4 Å². The van der Waals surface area contributed by atoms with Crippen LogP contribution in [-0.2, 0) is 6.42 Å². The Morgan fingerprint density at radius 1 is 1.35 bits per heavy atom. The predicted octanol–water partition coefficient (Wildman–Crippen LogP) is 1.90. The molecule has 17 heavy (non-hydrogen) atoms. The van der Waals surface area contributed by atoms with Crippen molar-refractivity contribution >= 4 is 17.1 Å². The minimum Gasteiger partial charge on any atom is -0.411 e. The summed E-state index contributed by atoms with van der Waals surface area (Å²) in [6, 6.07) is 3.35. The first-order valence-electron chi connectivity index (χ1n) is 4.55. The maximum absolute atomic E-state index is 10.7. The van der Waals surface area contributed by atoms with Crippen LogP contribution in [0.5, 0.6) is 0 Å². The van der Waals surface area contributed by atoms with Crippen LogP contribution >= 0.6 is 0 Å². The number of benzene rings is 1. The number of nitrogens with zero attached hydrogens (tertiary/aromatic N) is 3. The minimum atomic E-state index is -0.705. The van der Waals surface area contributed by atoms with Crippen molar-refractivity contribution in [2.75, 3.05) is 0 Å². The number of rotatable bonds is 4. The summed E-state index contributed by atoms with van der Waals surface area (Å²) in [6.45, 7) is 1.49. The van der Waals surface area contributed by atoms with E-state index in [1.54, 1.807) is 0 Å². The summed E-state index contributed by atoms with van der Waals surface area (Å²) < 4.78 is 0. The first-order valence-corrected chi connectivity index (χ1v) is 4.55. The second kappa shape index (κ2) is 5.01. The third-order valence-corrected chi connectivity index (χ3v) is 2.09.